The van der Waals surface area contributed by atoms with Gasteiger partial charge >= 0.3 is 0 Å². The molecule has 1 atom stereocenters. The van der Waals surface area contributed by atoms with E-state index in [1.165, 1.54) is 6.07 Å². The second-order valence-electron chi connectivity index (χ2n) is 9.45. The van der Waals surface area contributed by atoms with E-state index in [0.29, 0.717) is 35.0 Å². The summed E-state index contributed by atoms with van der Waals surface area (Å²) in [6.07, 6.45) is 8.02. The first-order valence-electron chi connectivity index (χ1n) is 12.3. The van der Waals surface area contributed by atoms with Crippen LogP contribution in [-0.2, 0) is 11.3 Å². The first-order valence-corrected chi connectivity index (χ1v) is 12.3. The lowest BCUT2D eigenvalue weighted by Gasteiger charge is -2.27. The average Bonchev–Trinajstić information content (AvgIpc) is 3.72. The normalized spacial score (nSPS) is 21.9. The Balaban J connectivity index is 1.24. The van der Waals surface area contributed by atoms with Crippen LogP contribution in [0, 0.1) is 23.4 Å². The van der Waals surface area contributed by atoms with Gasteiger partial charge in [-0.2, -0.15) is 0 Å². The molecule has 2 nitrogen and oxygen atoms in total. The van der Waals surface area contributed by atoms with Crippen LogP contribution in [0.25, 0.3) is 11.1 Å². The largest absolute Gasteiger partial charge is 0.489 e. The molecule has 5 rings (SSSR count). The molecule has 1 aliphatic carbocycles. The van der Waals surface area contributed by atoms with E-state index < -0.39 is 11.6 Å². The van der Waals surface area contributed by atoms with Crippen molar-refractivity contribution in [1.82, 2.24) is 0 Å². The van der Waals surface area contributed by atoms with Crippen molar-refractivity contribution in [3.8, 4) is 16.9 Å². The number of allylic oxidation sites excluding steroid dienone is 2. The van der Waals surface area contributed by atoms with Crippen LogP contribution in [0.5, 0.6) is 5.75 Å². The zero-order valence-electron chi connectivity index (χ0n) is 19.8. The number of rotatable bonds is 7. The molecule has 3 aromatic carbocycles. The van der Waals surface area contributed by atoms with Crippen molar-refractivity contribution in [3.63, 3.8) is 0 Å². The van der Waals surface area contributed by atoms with Gasteiger partial charge in [-0.15, -0.1) is 0 Å². The first-order chi connectivity index (χ1) is 17.0. The van der Waals surface area contributed by atoms with Crippen LogP contribution < -0.4 is 4.74 Å². The van der Waals surface area contributed by atoms with Crippen LogP contribution in [0.3, 0.4) is 0 Å². The molecule has 35 heavy (non-hydrogen) atoms. The summed E-state index contributed by atoms with van der Waals surface area (Å²) < 4.78 is 55.3. The fourth-order valence-corrected chi connectivity index (χ4v) is 5.01. The molecule has 1 heterocycles. The second kappa shape index (κ2) is 10.3. The van der Waals surface area contributed by atoms with Crippen molar-refractivity contribution >= 4 is 0 Å². The van der Waals surface area contributed by atoms with E-state index in [1.54, 1.807) is 42.5 Å². The third-order valence-corrected chi connectivity index (χ3v) is 7.13. The summed E-state index contributed by atoms with van der Waals surface area (Å²) in [6, 6.07) is 15.2. The molecule has 1 unspecified atom stereocenters. The van der Waals surface area contributed by atoms with Gasteiger partial charge in [-0.3, -0.25) is 0 Å². The second-order valence-corrected chi connectivity index (χ2v) is 9.45. The number of ether oxygens (including phenoxy) is 2. The smallest absolute Gasteiger partial charge is 0.166 e. The van der Waals surface area contributed by atoms with E-state index in [4.69, 9.17) is 9.47 Å². The summed E-state index contributed by atoms with van der Waals surface area (Å²) in [7, 11) is 0. The Hall–Kier alpha value is -3.05. The van der Waals surface area contributed by atoms with Gasteiger partial charge < -0.3 is 9.47 Å². The molecule has 0 N–H and O–H groups in total. The fourth-order valence-electron chi connectivity index (χ4n) is 5.01. The predicted molar refractivity (Wildman–Crippen MR) is 131 cm³/mol. The van der Waals surface area contributed by atoms with Crippen molar-refractivity contribution in [2.24, 2.45) is 5.92 Å². The number of epoxide rings is 1. The Morgan fingerprint density at radius 2 is 1.66 bits per heavy atom. The van der Waals surface area contributed by atoms with Gasteiger partial charge in [-0.1, -0.05) is 48.6 Å². The van der Waals surface area contributed by atoms with Crippen molar-refractivity contribution in [2.45, 2.75) is 51.2 Å². The fraction of sp³-hybridized carbons (Fsp3) is 0.333. The lowest BCUT2D eigenvalue weighted by Crippen LogP contribution is -2.13. The average molecular weight is 479 g/mol. The Morgan fingerprint density at radius 3 is 2.31 bits per heavy atom. The maximum Gasteiger partial charge on any atom is 0.166 e. The van der Waals surface area contributed by atoms with E-state index in [-0.39, 0.29) is 30.0 Å². The maximum absolute atomic E-state index is 15.0. The van der Waals surface area contributed by atoms with Gasteiger partial charge in [0, 0.05) is 11.1 Å². The number of benzene rings is 3. The van der Waals surface area contributed by atoms with Crippen LogP contribution in [0.15, 0.2) is 66.7 Å². The third kappa shape index (κ3) is 5.30. The van der Waals surface area contributed by atoms with Gasteiger partial charge in [0.25, 0.3) is 0 Å². The highest BCUT2D eigenvalue weighted by Gasteiger charge is 2.26. The van der Waals surface area contributed by atoms with Crippen LogP contribution in [0.2, 0.25) is 0 Å². The molecule has 5 heteroatoms. The molecule has 0 radical (unpaired) electrons. The number of hydrogen-bond acceptors (Lipinski definition) is 2. The number of hydrogen-bond donors (Lipinski definition) is 0. The van der Waals surface area contributed by atoms with Gasteiger partial charge in [0.1, 0.15) is 24.3 Å². The number of halogens is 3. The van der Waals surface area contributed by atoms with E-state index in [2.05, 4.69) is 12.2 Å². The minimum atomic E-state index is -0.812. The summed E-state index contributed by atoms with van der Waals surface area (Å²) >= 11 is 0. The van der Waals surface area contributed by atoms with Crippen LogP contribution in [-0.4, -0.2) is 6.61 Å². The minimum Gasteiger partial charge on any atom is -0.489 e. The molecule has 3 aromatic rings. The zero-order valence-corrected chi connectivity index (χ0v) is 19.8. The van der Waals surface area contributed by atoms with E-state index in [9.17, 15) is 4.39 Å². The van der Waals surface area contributed by atoms with Crippen molar-refractivity contribution in [3.05, 3.63) is 101 Å². The van der Waals surface area contributed by atoms with Crippen molar-refractivity contribution < 1.29 is 22.6 Å². The molecule has 182 valence electrons. The molecule has 2 aliphatic rings. The maximum atomic E-state index is 15.0. The first kappa shape index (κ1) is 23.7. The Morgan fingerprint density at radius 1 is 0.914 bits per heavy atom. The summed E-state index contributed by atoms with van der Waals surface area (Å²) in [5.74, 6) is -0.762. The molecule has 0 spiro atoms. The highest BCUT2D eigenvalue weighted by atomic mass is 19.2. The topological polar surface area (TPSA) is 21.8 Å². The lowest BCUT2D eigenvalue weighted by molar-refractivity contribution is 0.299. The van der Waals surface area contributed by atoms with E-state index in [0.717, 1.165) is 31.2 Å². The molecular formula is C30H29F3O2. The Bertz CT molecular complexity index is 1210. The molecule has 2 fully saturated rings. The van der Waals surface area contributed by atoms with Crippen molar-refractivity contribution in [2.75, 3.05) is 6.61 Å². The monoisotopic (exact) mass is 478 g/mol. The van der Waals surface area contributed by atoms with E-state index in [1.807, 2.05) is 13.0 Å². The third-order valence-electron chi connectivity index (χ3n) is 7.13. The summed E-state index contributed by atoms with van der Waals surface area (Å²) in [5.41, 5.74) is 2.55. The summed E-state index contributed by atoms with van der Waals surface area (Å²) in [6.45, 7) is 2.72. The van der Waals surface area contributed by atoms with Gasteiger partial charge in [-0.05, 0) is 79.3 Å². The lowest BCUT2D eigenvalue weighted by atomic mass is 9.78. The highest BCUT2D eigenvalue weighted by molar-refractivity contribution is 5.65. The standard InChI is InChI=1S/C30H29F3O2/c1-2-3-19-4-6-20(7-5-19)25-14-15-26(30(33)29(25)32)21-10-12-24(13-11-21)34-17-23-9-8-22(16-27(23)31)28-18-35-28/h2-3,8-16,19-20,28H,4-7,17-18H2,1H3/b3-2+. The quantitative estimate of drug-likeness (QED) is 0.252. The Kier molecular flexibility index (Phi) is 6.96. The summed E-state index contributed by atoms with van der Waals surface area (Å²) in [5, 5.41) is 0. The van der Waals surface area contributed by atoms with Crippen molar-refractivity contribution in [1.29, 1.82) is 0 Å². The molecule has 0 bridgehead atoms. The van der Waals surface area contributed by atoms with Gasteiger partial charge in [0.2, 0.25) is 0 Å². The molecular weight excluding hydrogens is 449 g/mol. The van der Waals surface area contributed by atoms with Gasteiger partial charge in [-0.25, -0.2) is 13.2 Å². The highest BCUT2D eigenvalue weighted by Crippen LogP contribution is 2.39. The molecule has 1 aliphatic heterocycles. The van der Waals surface area contributed by atoms with Crippen LogP contribution in [0.1, 0.15) is 61.3 Å². The molecule has 1 saturated heterocycles. The SMILES string of the molecule is C/C=C/C1CCC(c2ccc(-c3ccc(OCc4ccc(C5CO5)cc4F)cc3)c(F)c2F)CC1. The molecule has 1 saturated carbocycles. The Labute approximate surface area is 204 Å². The van der Waals surface area contributed by atoms with Crippen LogP contribution in [0.4, 0.5) is 13.2 Å². The molecule has 0 aromatic heterocycles. The van der Waals surface area contributed by atoms with Gasteiger partial charge in [0.15, 0.2) is 11.6 Å². The summed E-state index contributed by atoms with van der Waals surface area (Å²) in [4.78, 5) is 0. The molecule has 0 amide bonds. The predicted octanol–water partition coefficient (Wildman–Crippen LogP) is 8.27. The van der Waals surface area contributed by atoms with Gasteiger partial charge in [0.05, 0.1) is 6.61 Å². The minimum absolute atomic E-state index is 0.00422. The van der Waals surface area contributed by atoms with E-state index >= 15 is 8.78 Å². The van der Waals surface area contributed by atoms with Crippen LogP contribution >= 0.6 is 0 Å². The zero-order chi connectivity index (χ0) is 24.4.